The minimum absolute atomic E-state index is 0.249. The van der Waals surface area contributed by atoms with Gasteiger partial charge in [-0.2, -0.15) is 0 Å². The van der Waals surface area contributed by atoms with Crippen LogP contribution in [0.3, 0.4) is 0 Å². The molecule has 2 heterocycles. The first-order valence-corrected chi connectivity index (χ1v) is 9.65. The summed E-state index contributed by atoms with van der Waals surface area (Å²) < 4.78 is 5.56. The van der Waals surface area contributed by atoms with E-state index in [1.54, 1.807) is 24.6 Å². The molecule has 0 saturated heterocycles. The molecule has 1 aliphatic rings. The normalized spacial score (nSPS) is 15.7. The molecular weight excluding hydrogens is 344 g/mol. The van der Waals surface area contributed by atoms with Crippen molar-refractivity contribution in [2.45, 2.75) is 24.8 Å². The Balaban J connectivity index is 1.32. The number of aromatic nitrogens is 1. The molecule has 134 valence electrons. The largest absolute Gasteiger partial charge is 0.443 e. The van der Waals surface area contributed by atoms with E-state index in [9.17, 15) is 0 Å². The van der Waals surface area contributed by atoms with Crippen molar-refractivity contribution in [1.29, 1.82) is 0 Å². The number of nitrogens with one attached hydrogen (secondary N) is 2. The van der Waals surface area contributed by atoms with E-state index in [1.165, 1.54) is 18.4 Å². The van der Waals surface area contributed by atoms with Gasteiger partial charge in [0, 0.05) is 19.0 Å². The Morgan fingerprint density at radius 3 is 2.73 bits per heavy atom. The van der Waals surface area contributed by atoms with E-state index in [1.807, 2.05) is 17.5 Å². The smallest absolute Gasteiger partial charge is 0.236 e. The second-order valence-corrected chi connectivity index (χ2v) is 7.49. The molecule has 0 aliphatic heterocycles. The number of guanidine groups is 1. The van der Waals surface area contributed by atoms with E-state index < -0.39 is 0 Å². The molecule has 2 aromatic heterocycles. The molecule has 4 rings (SSSR count). The topological polar surface area (TPSA) is 62.5 Å². The Morgan fingerprint density at radius 2 is 2.04 bits per heavy atom. The molecular formula is C20H22N4OS. The van der Waals surface area contributed by atoms with Crippen molar-refractivity contribution in [2.75, 3.05) is 13.6 Å². The highest BCUT2D eigenvalue weighted by molar-refractivity contribution is 7.13. The molecule has 0 spiro atoms. The predicted octanol–water partition coefficient (Wildman–Crippen LogP) is 3.80. The SMILES string of the molecule is CN=C(NCc1coc(-c2cccs2)n1)NCC1(c2ccccc2)CC1. The van der Waals surface area contributed by atoms with Gasteiger partial charge in [0.15, 0.2) is 5.96 Å². The summed E-state index contributed by atoms with van der Waals surface area (Å²) in [5.74, 6) is 1.45. The van der Waals surface area contributed by atoms with Crippen molar-refractivity contribution in [3.05, 3.63) is 65.4 Å². The van der Waals surface area contributed by atoms with Crippen LogP contribution in [0.5, 0.6) is 0 Å². The molecule has 1 aromatic carbocycles. The van der Waals surface area contributed by atoms with Crippen LogP contribution in [0.15, 0.2) is 63.5 Å². The second kappa shape index (κ2) is 7.33. The van der Waals surface area contributed by atoms with Gasteiger partial charge in [0.25, 0.3) is 0 Å². The molecule has 26 heavy (non-hydrogen) atoms. The van der Waals surface area contributed by atoms with Gasteiger partial charge >= 0.3 is 0 Å². The lowest BCUT2D eigenvalue weighted by atomic mass is 9.96. The predicted molar refractivity (Wildman–Crippen MR) is 105 cm³/mol. The summed E-state index contributed by atoms with van der Waals surface area (Å²) in [7, 11) is 1.79. The highest BCUT2D eigenvalue weighted by Gasteiger charge is 2.43. The zero-order chi connectivity index (χ0) is 17.8. The Bertz CT molecular complexity index is 866. The number of nitrogens with zero attached hydrogens (tertiary/aromatic N) is 2. The summed E-state index contributed by atoms with van der Waals surface area (Å²) in [6, 6.07) is 14.7. The van der Waals surface area contributed by atoms with Crippen LogP contribution in [-0.4, -0.2) is 24.5 Å². The van der Waals surface area contributed by atoms with Crippen LogP contribution >= 0.6 is 11.3 Å². The Morgan fingerprint density at radius 1 is 1.19 bits per heavy atom. The highest BCUT2D eigenvalue weighted by atomic mass is 32.1. The third kappa shape index (κ3) is 3.65. The quantitative estimate of drug-likeness (QED) is 0.514. The molecule has 6 heteroatoms. The van der Waals surface area contributed by atoms with Gasteiger partial charge in [-0.3, -0.25) is 4.99 Å². The molecule has 0 atom stereocenters. The van der Waals surface area contributed by atoms with Crippen LogP contribution in [0.25, 0.3) is 10.8 Å². The van der Waals surface area contributed by atoms with Crippen LogP contribution in [0.2, 0.25) is 0 Å². The maximum Gasteiger partial charge on any atom is 0.236 e. The number of benzene rings is 1. The standard InChI is InChI=1S/C20H22N4OS/c1-21-19(23-14-20(9-10-20)15-6-3-2-4-7-15)22-12-16-13-25-18(24-16)17-8-5-11-26-17/h2-8,11,13H,9-10,12,14H2,1H3,(H2,21,22,23). The fraction of sp³-hybridized carbons (Fsp3) is 0.300. The maximum absolute atomic E-state index is 5.56. The number of hydrogen-bond donors (Lipinski definition) is 2. The van der Waals surface area contributed by atoms with Gasteiger partial charge in [-0.15, -0.1) is 11.3 Å². The fourth-order valence-corrected chi connectivity index (χ4v) is 3.71. The molecule has 5 nitrogen and oxygen atoms in total. The Hall–Kier alpha value is -2.60. The minimum atomic E-state index is 0.249. The molecule has 1 saturated carbocycles. The van der Waals surface area contributed by atoms with Crippen molar-refractivity contribution in [3.8, 4) is 10.8 Å². The number of hydrogen-bond acceptors (Lipinski definition) is 4. The van der Waals surface area contributed by atoms with E-state index in [2.05, 4.69) is 50.9 Å². The summed E-state index contributed by atoms with van der Waals surface area (Å²) in [6.07, 6.45) is 4.13. The van der Waals surface area contributed by atoms with Gasteiger partial charge < -0.3 is 15.1 Å². The average Bonchev–Trinajstić information content (AvgIpc) is 3.09. The molecule has 2 N–H and O–H groups in total. The van der Waals surface area contributed by atoms with E-state index in [-0.39, 0.29) is 5.41 Å². The fourth-order valence-electron chi connectivity index (χ4n) is 3.06. The number of rotatable bonds is 6. The van der Waals surface area contributed by atoms with Crippen LogP contribution < -0.4 is 10.6 Å². The van der Waals surface area contributed by atoms with Gasteiger partial charge in [-0.05, 0) is 29.9 Å². The highest BCUT2D eigenvalue weighted by Crippen LogP contribution is 2.47. The lowest BCUT2D eigenvalue weighted by molar-refractivity contribution is 0.573. The first-order chi connectivity index (χ1) is 12.8. The number of oxazole rings is 1. The average molecular weight is 366 g/mol. The Kier molecular flexibility index (Phi) is 4.75. The molecule has 3 aromatic rings. The van der Waals surface area contributed by atoms with Crippen molar-refractivity contribution < 1.29 is 4.42 Å². The van der Waals surface area contributed by atoms with E-state index in [0.29, 0.717) is 12.4 Å². The van der Waals surface area contributed by atoms with Gasteiger partial charge in [-0.1, -0.05) is 36.4 Å². The van der Waals surface area contributed by atoms with Crippen LogP contribution in [-0.2, 0) is 12.0 Å². The van der Waals surface area contributed by atoms with Crippen LogP contribution in [0.4, 0.5) is 0 Å². The van der Waals surface area contributed by atoms with Crippen molar-refractivity contribution >= 4 is 17.3 Å². The van der Waals surface area contributed by atoms with E-state index >= 15 is 0 Å². The van der Waals surface area contributed by atoms with Crippen LogP contribution in [0, 0.1) is 0 Å². The summed E-state index contributed by atoms with van der Waals surface area (Å²) >= 11 is 1.62. The first-order valence-electron chi connectivity index (χ1n) is 8.77. The third-order valence-electron chi connectivity index (χ3n) is 4.78. The lowest BCUT2D eigenvalue weighted by Crippen LogP contribution is -2.40. The molecule has 1 aliphatic carbocycles. The zero-order valence-corrected chi connectivity index (χ0v) is 15.6. The summed E-state index contributed by atoms with van der Waals surface area (Å²) in [6.45, 7) is 1.46. The minimum Gasteiger partial charge on any atom is -0.443 e. The number of aliphatic imine (C=N–C) groups is 1. The lowest BCUT2D eigenvalue weighted by Gasteiger charge is -2.18. The van der Waals surface area contributed by atoms with Gasteiger partial charge in [-0.25, -0.2) is 4.98 Å². The molecule has 0 amide bonds. The molecule has 0 unspecified atom stereocenters. The first kappa shape index (κ1) is 16.8. The number of thiophene rings is 1. The summed E-state index contributed by atoms with van der Waals surface area (Å²) in [5.41, 5.74) is 2.51. The monoisotopic (exact) mass is 366 g/mol. The second-order valence-electron chi connectivity index (χ2n) is 6.55. The maximum atomic E-state index is 5.56. The molecule has 1 fully saturated rings. The molecule has 0 radical (unpaired) electrons. The van der Waals surface area contributed by atoms with Crippen molar-refractivity contribution in [1.82, 2.24) is 15.6 Å². The Labute approximate surface area is 157 Å². The van der Waals surface area contributed by atoms with Gasteiger partial charge in [0.05, 0.1) is 17.1 Å². The van der Waals surface area contributed by atoms with Crippen molar-refractivity contribution in [2.24, 2.45) is 4.99 Å². The summed E-state index contributed by atoms with van der Waals surface area (Å²) in [4.78, 5) is 9.89. The van der Waals surface area contributed by atoms with E-state index in [0.717, 1.165) is 23.1 Å². The van der Waals surface area contributed by atoms with Crippen molar-refractivity contribution in [3.63, 3.8) is 0 Å². The third-order valence-corrected chi connectivity index (χ3v) is 5.64. The zero-order valence-electron chi connectivity index (χ0n) is 14.7. The van der Waals surface area contributed by atoms with Gasteiger partial charge in [0.1, 0.15) is 6.26 Å². The van der Waals surface area contributed by atoms with E-state index in [4.69, 9.17) is 4.42 Å². The van der Waals surface area contributed by atoms with Crippen LogP contribution in [0.1, 0.15) is 24.1 Å². The molecule has 0 bridgehead atoms. The van der Waals surface area contributed by atoms with Gasteiger partial charge in [0.2, 0.25) is 5.89 Å². The summed E-state index contributed by atoms with van der Waals surface area (Å²) in [5, 5.41) is 8.79.